The Balaban J connectivity index is 1.55. The van der Waals surface area contributed by atoms with Gasteiger partial charge in [0.15, 0.2) is 0 Å². The van der Waals surface area contributed by atoms with Gasteiger partial charge in [-0.3, -0.25) is 9.59 Å². The van der Waals surface area contributed by atoms with Gasteiger partial charge in [-0.05, 0) is 66.1 Å². The third-order valence-corrected chi connectivity index (χ3v) is 6.24. The van der Waals surface area contributed by atoms with Gasteiger partial charge < -0.3 is 14.2 Å². The minimum Gasteiger partial charge on any atom is -0.467 e. The largest absolute Gasteiger partial charge is 0.467 e. The number of carbonyl (C=O) groups excluding carboxylic acids is 2. The highest BCUT2D eigenvalue weighted by Gasteiger charge is 2.30. The Labute approximate surface area is 219 Å². The second-order valence-electron chi connectivity index (χ2n) is 9.07. The topological polar surface area (TPSA) is 53.8 Å². The quantitative estimate of drug-likeness (QED) is 0.261. The number of halogens is 3. The molecule has 0 fully saturated rings. The molecule has 5 nitrogen and oxygen atoms in total. The number of rotatable bonds is 8. The minimum absolute atomic E-state index is 0.0788. The lowest BCUT2D eigenvalue weighted by Gasteiger charge is -2.24. The van der Waals surface area contributed by atoms with Crippen LogP contribution in [0.15, 0.2) is 95.6 Å². The number of amides is 2. The maximum Gasteiger partial charge on any atom is 0.416 e. The average molecular weight is 521 g/mol. The fraction of sp³-hybridized carbons (Fsp3) is 0.200. The van der Waals surface area contributed by atoms with Gasteiger partial charge in [-0.2, -0.15) is 13.2 Å². The summed E-state index contributed by atoms with van der Waals surface area (Å²) in [5.41, 5.74) is 2.43. The Hall–Kier alpha value is -4.33. The highest BCUT2D eigenvalue weighted by molar-refractivity contribution is 6.07. The molecule has 0 spiro atoms. The van der Waals surface area contributed by atoms with Crippen LogP contribution in [0.2, 0.25) is 0 Å². The van der Waals surface area contributed by atoms with Crippen molar-refractivity contribution in [2.75, 3.05) is 11.9 Å². The van der Waals surface area contributed by atoms with E-state index in [0.29, 0.717) is 29.1 Å². The van der Waals surface area contributed by atoms with Crippen LogP contribution in [0.1, 0.15) is 38.4 Å². The van der Waals surface area contributed by atoms with Crippen molar-refractivity contribution in [3.05, 3.63) is 125 Å². The monoisotopic (exact) mass is 520 g/mol. The smallest absolute Gasteiger partial charge is 0.416 e. The van der Waals surface area contributed by atoms with Crippen molar-refractivity contribution in [2.45, 2.75) is 32.6 Å². The number of hydrogen-bond donors (Lipinski definition) is 0. The van der Waals surface area contributed by atoms with Gasteiger partial charge >= 0.3 is 6.18 Å². The molecule has 3 aromatic carbocycles. The van der Waals surface area contributed by atoms with Crippen molar-refractivity contribution in [3.63, 3.8) is 0 Å². The third kappa shape index (κ3) is 6.51. The summed E-state index contributed by atoms with van der Waals surface area (Å²) in [7, 11) is 1.70. The van der Waals surface area contributed by atoms with Crippen molar-refractivity contribution in [1.29, 1.82) is 0 Å². The molecule has 0 N–H and O–H groups in total. The molecule has 4 rings (SSSR count). The number of nitrogens with zero attached hydrogens (tertiary/aromatic N) is 2. The Morgan fingerprint density at radius 2 is 1.47 bits per heavy atom. The Morgan fingerprint density at radius 3 is 2.08 bits per heavy atom. The average Bonchev–Trinajstić information content (AvgIpc) is 3.40. The van der Waals surface area contributed by atoms with Crippen molar-refractivity contribution in [3.8, 4) is 0 Å². The normalized spacial score (nSPS) is 11.3. The summed E-state index contributed by atoms with van der Waals surface area (Å²) in [6, 6.07) is 22.5. The van der Waals surface area contributed by atoms with E-state index in [1.807, 2.05) is 19.1 Å². The van der Waals surface area contributed by atoms with Crippen molar-refractivity contribution >= 4 is 17.5 Å². The summed E-state index contributed by atoms with van der Waals surface area (Å²) in [5, 5.41) is 0. The van der Waals surface area contributed by atoms with E-state index in [9.17, 15) is 22.8 Å². The highest BCUT2D eigenvalue weighted by Crippen LogP contribution is 2.30. The second kappa shape index (κ2) is 11.4. The lowest BCUT2D eigenvalue weighted by Crippen LogP contribution is -2.31. The zero-order valence-corrected chi connectivity index (χ0v) is 21.0. The van der Waals surface area contributed by atoms with Crippen LogP contribution in [0.5, 0.6) is 0 Å². The molecule has 2 amide bonds. The molecule has 0 aliphatic carbocycles. The molecular weight excluding hydrogens is 493 g/mol. The first-order valence-corrected chi connectivity index (χ1v) is 12.0. The van der Waals surface area contributed by atoms with E-state index in [1.54, 1.807) is 66.7 Å². The van der Waals surface area contributed by atoms with Gasteiger partial charge in [-0.1, -0.05) is 42.5 Å². The molecule has 0 atom stereocenters. The number of furan rings is 1. The number of likely N-dealkylation sites (N-methyl/N-ethyl adjacent to an activating group) is 1. The van der Waals surface area contributed by atoms with E-state index in [1.165, 1.54) is 17.0 Å². The lowest BCUT2D eigenvalue weighted by atomic mass is 10.0. The number of hydrogen-bond acceptors (Lipinski definition) is 3. The first-order chi connectivity index (χ1) is 18.1. The molecule has 0 unspecified atom stereocenters. The Kier molecular flexibility index (Phi) is 8.00. The van der Waals surface area contributed by atoms with E-state index in [4.69, 9.17) is 4.42 Å². The van der Waals surface area contributed by atoms with Crippen molar-refractivity contribution in [2.24, 2.45) is 0 Å². The number of benzene rings is 3. The first-order valence-electron chi connectivity index (χ1n) is 12.0. The SMILES string of the molecule is Cc1ccccc1C(=O)N(Cc1ccc(C(F)(F)F)cc1)c1ccc(CC(=O)N(C)Cc2ccco2)cc1. The van der Waals surface area contributed by atoms with Crippen LogP contribution in [0, 0.1) is 6.92 Å². The molecule has 1 heterocycles. The zero-order chi connectivity index (χ0) is 27.3. The highest BCUT2D eigenvalue weighted by atomic mass is 19.4. The lowest BCUT2D eigenvalue weighted by molar-refractivity contribution is -0.137. The summed E-state index contributed by atoms with van der Waals surface area (Å²) in [6.45, 7) is 2.27. The standard InChI is InChI=1S/C30H27F3N2O3/c1-21-6-3-4-8-27(21)29(37)35(19-23-9-13-24(14-10-23)30(31,32)33)25-15-11-22(12-16-25)18-28(36)34(2)20-26-7-5-17-38-26/h3-17H,18-20H2,1-2H3. The second-order valence-corrected chi connectivity index (χ2v) is 9.07. The molecular formula is C30H27F3N2O3. The zero-order valence-electron chi connectivity index (χ0n) is 21.0. The van der Waals surface area contributed by atoms with Crippen LogP contribution in [-0.4, -0.2) is 23.8 Å². The molecule has 0 radical (unpaired) electrons. The molecule has 38 heavy (non-hydrogen) atoms. The summed E-state index contributed by atoms with van der Waals surface area (Å²) in [6.07, 6.45) is -2.71. The van der Waals surface area contributed by atoms with Gasteiger partial charge in [-0.15, -0.1) is 0 Å². The molecule has 196 valence electrons. The van der Waals surface area contributed by atoms with Crippen molar-refractivity contribution < 1.29 is 27.2 Å². The van der Waals surface area contributed by atoms with Crippen LogP contribution in [0.3, 0.4) is 0 Å². The van der Waals surface area contributed by atoms with Gasteiger partial charge in [0.25, 0.3) is 5.91 Å². The molecule has 0 bridgehead atoms. The molecule has 0 saturated heterocycles. The van der Waals surface area contributed by atoms with Gasteiger partial charge in [0.05, 0.1) is 31.3 Å². The van der Waals surface area contributed by atoms with Gasteiger partial charge in [0.2, 0.25) is 5.91 Å². The number of alkyl halides is 3. The van der Waals surface area contributed by atoms with E-state index in [0.717, 1.165) is 23.3 Å². The van der Waals surface area contributed by atoms with E-state index in [-0.39, 0.29) is 24.8 Å². The minimum atomic E-state index is -4.44. The van der Waals surface area contributed by atoms with Crippen molar-refractivity contribution in [1.82, 2.24) is 4.90 Å². The van der Waals surface area contributed by atoms with E-state index in [2.05, 4.69) is 0 Å². The van der Waals surface area contributed by atoms with E-state index < -0.39 is 11.7 Å². The summed E-state index contributed by atoms with van der Waals surface area (Å²) in [5.74, 6) is 0.321. The molecule has 8 heteroatoms. The third-order valence-electron chi connectivity index (χ3n) is 6.24. The molecule has 1 aromatic heterocycles. The van der Waals surface area contributed by atoms with Crippen LogP contribution in [0.4, 0.5) is 18.9 Å². The van der Waals surface area contributed by atoms with Crippen LogP contribution in [0.25, 0.3) is 0 Å². The first kappa shape index (κ1) is 26.7. The van der Waals surface area contributed by atoms with Crippen LogP contribution in [-0.2, 0) is 30.5 Å². The maximum atomic E-state index is 13.6. The fourth-order valence-electron chi connectivity index (χ4n) is 4.05. The molecule has 4 aromatic rings. The number of carbonyl (C=O) groups is 2. The fourth-order valence-corrected chi connectivity index (χ4v) is 4.05. The molecule has 0 aliphatic rings. The Bertz CT molecular complexity index is 1380. The van der Waals surface area contributed by atoms with E-state index >= 15 is 0 Å². The molecule has 0 saturated carbocycles. The number of aryl methyl sites for hydroxylation is 1. The number of anilines is 1. The summed E-state index contributed by atoms with van der Waals surface area (Å²) >= 11 is 0. The summed E-state index contributed by atoms with van der Waals surface area (Å²) in [4.78, 5) is 29.3. The predicted octanol–water partition coefficient (Wildman–Crippen LogP) is 6.65. The van der Waals surface area contributed by atoms with Gasteiger partial charge in [0, 0.05) is 18.3 Å². The summed E-state index contributed by atoms with van der Waals surface area (Å²) < 4.78 is 44.4. The van der Waals surface area contributed by atoms with Gasteiger partial charge in [0.1, 0.15) is 5.76 Å². The van der Waals surface area contributed by atoms with Crippen LogP contribution >= 0.6 is 0 Å². The Morgan fingerprint density at radius 1 is 0.816 bits per heavy atom. The van der Waals surface area contributed by atoms with Crippen LogP contribution < -0.4 is 4.90 Å². The van der Waals surface area contributed by atoms with Gasteiger partial charge in [-0.25, -0.2) is 0 Å². The molecule has 0 aliphatic heterocycles. The predicted molar refractivity (Wildman–Crippen MR) is 138 cm³/mol. The maximum absolute atomic E-state index is 13.6.